The van der Waals surface area contributed by atoms with Crippen LogP contribution in [0.4, 0.5) is 0 Å². The van der Waals surface area contributed by atoms with Gasteiger partial charge < -0.3 is 14.7 Å². The minimum absolute atomic E-state index is 0.830. The Hall–Kier alpha value is -3.31. The Morgan fingerprint density at radius 1 is 0.900 bits per heavy atom. The summed E-state index contributed by atoms with van der Waals surface area (Å²) in [6.07, 6.45) is 2.01. The Balaban J connectivity index is 1.71. The van der Waals surface area contributed by atoms with Crippen molar-refractivity contribution in [2.24, 2.45) is 0 Å². The molecule has 0 fully saturated rings. The SMILES string of the molecule is COc1ccc(-c2[nH]c(-c3c[nH]c4ccc(Br)cc34)nc2-c2ccc(C)cc2)cc1. The molecule has 2 heterocycles. The van der Waals surface area contributed by atoms with Crippen molar-refractivity contribution in [2.75, 3.05) is 7.11 Å². The molecule has 0 aliphatic carbocycles. The van der Waals surface area contributed by atoms with Crippen molar-refractivity contribution in [1.82, 2.24) is 15.0 Å². The van der Waals surface area contributed by atoms with Gasteiger partial charge in [0.2, 0.25) is 0 Å². The van der Waals surface area contributed by atoms with Crippen LogP contribution < -0.4 is 4.74 Å². The first-order valence-corrected chi connectivity index (χ1v) is 10.5. The van der Waals surface area contributed by atoms with Crippen LogP contribution in [0.5, 0.6) is 5.75 Å². The number of H-pyrrole nitrogens is 2. The van der Waals surface area contributed by atoms with Crippen molar-refractivity contribution in [2.45, 2.75) is 6.92 Å². The summed E-state index contributed by atoms with van der Waals surface area (Å²) in [5.74, 6) is 1.66. The molecule has 0 spiro atoms. The third-order valence-corrected chi connectivity index (χ3v) is 5.80. The van der Waals surface area contributed by atoms with Crippen LogP contribution in [0.1, 0.15) is 5.56 Å². The summed E-state index contributed by atoms with van der Waals surface area (Å²) in [5.41, 5.74) is 7.40. The second kappa shape index (κ2) is 7.50. The van der Waals surface area contributed by atoms with Gasteiger partial charge in [0.25, 0.3) is 0 Å². The van der Waals surface area contributed by atoms with Crippen molar-refractivity contribution in [3.8, 4) is 39.7 Å². The molecule has 0 radical (unpaired) electrons. The highest BCUT2D eigenvalue weighted by Gasteiger charge is 2.17. The number of rotatable bonds is 4. The van der Waals surface area contributed by atoms with Crippen LogP contribution in [0.3, 0.4) is 0 Å². The number of hydrogen-bond donors (Lipinski definition) is 2. The lowest BCUT2D eigenvalue weighted by Gasteiger charge is -2.05. The van der Waals surface area contributed by atoms with Gasteiger partial charge in [-0.2, -0.15) is 0 Å². The Labute approximate surface area is 183 Å². The Kier molecular flexibility index (Phi) is 4.68. The molecule has 148 valence electrons. The van der Waals surface area contributed by atoms with Crippen LogP contribution in [0.25, 0.3) is 44.8 Å². The van der Waals surface area contributed by atoms with E-state index < -0.39 is 0 Å². The van der Waals surface area contributed by atoms with E-state index in [2.05, 4.69) is 81.4 Å². The van der Waals surface area contributed by atoms with Crippen LogP contribution >= 0.6 is 15.9 Å². The summed E-state index contributed by atoms with van der Waals surface area (Å²) < 4.78 is 6.36. The van der Waals surface area contributed by atoms with E-state index in [-0.39, 0.29) is 0 Å². The minimum atomic E-state index is 0.830. The summed E-state index contributed by atoms with van der Waals surface area (Å²) >= 11 is 3.58. The zero-order valence-electron chi connectivity index (χ0n) is 16.7. The minimum Gasteiger partial charge on any atom is -0.497 e. The number of ether oxygens (including phenoxy) is 1. The molecule has 4 nitrogen and oxygen atoms in total. The third kappa shape index (κ3) is 3.31. The summed E-state index contributed by atoms with van der Waals surface area (Å²) in [6.45, 7) is 2.09. The molecule has 0 atom stereocenters. The van der Waals surface area contributed by atoms with E-state index >= 15 is 0 Å². The van der Waals surface area contributed by atoms with Crippen LogP contribution in [-0.2, 0) is 0 Å². The normalized spacial score (nSPS) is 11.2. The predicted molar refractivity (Wildman–Crippen MR) is 126 cm³/mol. The molecule has 2 N–H and O–H groups in total. The summed E-state index contributed by atoms with van der Waals surface area (Å²) in [4.78, 5) is 12.0. The highest BCUT2D eigenvalue weighted by Crippen LogP contribution is 2.36. The van der Waals surface area contributed by atoms with Gasteiger partial charge in [0.15, 0.2) is 0 Å². The molecule has 3 aromatic carbocycles. The molecular formula is C25H20BrN3O. The Bertz CT molecular complexity index is 1330. The first kappa shape index (κ1) is 18.7. The molecule has 0 saturated heterocycles. The number of fused-ring (bicyclic) bond motifs is 1. The van der Waals surface area contributed by atoms with E-state index in [4.69, 9.17) is 9.72 Å². The van der Waals surface area contributed by atoms with Crippen LogP contribution in [0, 0.1) is 6.92 Å². The fourth-order valence-electron chi connectivity index (χ4n) is 3.68. The largest absolute Gasteiger partial charge is 0.497 e. The predicted octanol–water partition coefficient (Wildman–Crippen LogP) is 6.97. The molecule has 5 aromatic rings. The van der Waals surface area contributed by atoms with E-state index in [1.165, 1.54) is 5.56 Å². The number of nitrogens with one attached hydrogen (secondary N) is 2. The number of halogens is 1. The van der Waals surface area contributed by atoms with E-state index in [1.807, 2.05) is 24.4 Å². The number of benzene rings is 3. The molecule has 2 aromatic heterocycles. The maximum Gasteiger partial charge on any atom is 0.140 e. The monoisotopic (exact) mass is 457 g/mol. The Morgan fingerprint density at radius 3 is 2.37 bits per heavy atom. The fraction of sp³-hybridized carbons (Fsp3) is 0.0800. The standard InChI is InChI=1S/C25H20BrN3O/c1-15-3-5-16(6-4-15)23-24(17-7-10-19(30-2)11-8-17)29-25(28-23)21-14-27-22-12-9-18(26)13-20(21)22/h3-14,27H,1-2H3,(H,28,29). The molecular weight excluding hydrogens is 438 g/mol. The first-order chi connectivity index (χ1) is 14.6. The second-order valence-corrected chi connectivity index (χ2v) is 8.21. The van der Waals surface area contributed by atoms with E-state index in [9.17, 15) is 0 Å². The van der Waals surface area contributed by atoms with E-state index in [0.29, 0.717) is 0 Å². The third-order valence-electron chi connectivity index (χ3n) is 5.31. The average Bonchev–Trinajstić information content (AvgIpc) is 3.38. The number of methoxy groups -OCH3 is 1. The molecule has 0 unspecified atom stereocenters. The number of imidazole rings is 1. The molecule has 0 saturated carbocycles. The maximum absolute atomic E-state index is 5.32. The van der Waals surface area contributed by atoms with Crippen molar-refractivity contribution in [1.29, 1.82) is 0 Å². The highest BCUT2D eigenvalue weighted by molar-refractivity contribution is 9.10. The zero-order chi connectivity index (χ0) is 20.7. The van der Waals surface area contributed by atoms with E-state index in [1.54, 1.807) is 7.11 Å². The lowest BCUT2D eigenvalue weighted by Crippen LogP contribution is -1.86. The molecule has 5 heteroatoms. The topological polar surface area (TPSA) is 53.7 Å². The molecule has 0 aliphatic heterocycles. The number of aromatic nitrogens is 3. The molecule has 30 heavy (non-hydrogen) atoms. The lowest BCUT2D eigenvalue weighted by atomic mass is 10.0. The van der Waals surface area contributed by atoms with Crippen molar-refractivity contribution >= 4 is 26.8 Å². The number of hydrogen-bond acceptors (Lipinski definition) is 2. The molecule has 0 bridgehead atoms. The van der Waals surface area contributed by atoms with Gasteiger partial charge in [0, 0.05) is 38.3 Å². The highest BCUT2D eigenvalue weighted by atomic mass is 79.9. The van der Waals surface area contributed by atoms with Crippen molar-refractivity contribution in [3.63, 3.8) is 0 Å². The maximum atomic E-state index is 5.32. The van der Waals surface area contributed by atoms with Gasteiger partial charge >= 0.3 is 0 Å². The first-order valence-electron chi connectivity index (χ1n) is 9.71. The van der Waals surface area contributed by atoms with Crippen molar-refractivity contribution in [3.05, 3.63) is 83.0 Å². The quantitative estimate of drug-likeness (QED) is 0.306. The van der Waals surface area contributed by atoms with Crippen LogP contribution in [0.15, 0.2) is 77.4 Å². The number of aryl methyl sites for hydroxylation is 1. The molecule has 0 amide bonds. The van der Waals surface area contributed by atoms with Gasteiger partial charge in [0.1, 0.15) is 11.6 Å². The molecule has 0 aliphatic rings. The number of nitrogens with zero attached hydrogens (tertiary/aromatic N) is 1. The lowest BCUT2D eigenvalue weighted by molar-refractivity contribution is 0.415. The smallest absolute Gasteiger partial charge is 0.140 e. The Morgan fingerprint density at radius 2 is 1.63 bits per heavy atom. The second-order valence-electron chi connectivity index (χ2n) is 7.30. The van der Waals surface area contributed by atoms with Crippen LogP contribution in [-0.4, -0.2) is 22.1 Å². The van der Waals surface area contributed by atoms with Gasteiger partial charge in [-0.1, -0.05) is 45.8 Å². The van der Waals surface area contributed by atoms with Gasteiger partial charge in [-0.05, 0) is 49.4 Å². The summed E-state index contributed by atoms with van der Waals surface area (Å²) in [5, 5.41) is 1.12. The van der Waals surface area contributed by atoms with Gasteiger partial charge in [-0.3, -0.25) is 0 Å². The van der Waals surface area contributed by atoms with E-state index in [0.717, 1.165) is 55.0 Å². The van der Waals surface area contributed by atoms with Crippen molar-refractivity contribution < 1.29 is 4.74 Å². The van der Waals surface area contributed by atoms with Gasteiger partial charge in [-0.15, -0.1) is 0 Å². The fourth-order valence-corrected chi connectivity index (χ4v) is 4.04. The number of aromatic amines is 2. The zero-order valence-corrected chi connectivity index (χ0v) is 18.2. The van der Waals surface area contributed by atoms with Gasteiger partial charge in [-0.25, -0.2) is 4.98 Å². The van der Waals surface area contributed by atoms with Gasteiger partial charge in [0.05, 0.1) is 18.5 Å². The summed E-state index contributed by atoms with van der Waals surface area (Å²) in [7, 11) is 1.68. The summed E-state index contributed by atoms with van der Waals surface area (Å²) in [6, 6.07) is 22.7. The average molecular weight is 458 g/mol. The molecule has 5 rings (SSSR count). The van der Waals surface area contributed by atoms with Crippen LogP contribution in [0.2, 0.25) is 0 Å².